The second kappa shape index (κ2) is 17.5. The van der Waals surface area contributed by atoms with Gasteiger partial charge in [0.15, 0.2) is 0 Å². The summed E-state index contributed by atoms with van der Waals surface area (Å²) in [6.45, 7) is 4.71. The second-order valence-electron chi connectivity index (χ2n) is 20.9. The molecule has 75 heavy (non-hydrogen) atoms. The molecule has 0 aromatic heterocycles. The smallest absolute Gasteiger partial charge is 0.138 e. The molecule has 0 bridgehead atoms. The Morgan fingerprint density at radius 2 is 0.933 bits per heavy atom. The summed E-state index contributed by atoms with van der Waals surface area (Å²) < 4.78 is 0. The zero-order valence-corrected chi connectivity index (χ0v) is 42.5. The van der Waals surface area contributed by atoms with Crippen LogP contribution in [-0.2, 0) is 11.1 Å². The van der Waals surface area contributed by atoms with Crippen LogP contribution in [0.5, 0.6) is 0 Å². The lowest BCUT2D eigenvalue weighted by atomic mass is 9.75. The summed E-state index contributed by atoms with van der Waals surface area (Å²) in [5.41, 5.74) is 14.9. The highest BCUT2D eigenvalue weighted by Gasteiger charge is 2.45. The van der Waals surface area contributed by atoms with E-state index in [0.29, 0.717) is 0 Å². The highest BCUT2D eigenvalue weighted by molar-refractivity contribution is 6.24. The van der Waals surface area contributed by atoms with E-state index in [1.807, 2.05) is 0 Å². The van der Waals surface area contributed by atoms with Crippen LogP contribution in [0.3, 0.4) is 0 Å². The Labute approximate surface area is 439 Å². The number of allylic oxidation sites excluding steroid dienone is 5. The molecule has 0 saturated heterocycles. The van der Waals surface area contributed by atoms with Gasteiger partial charge in [0.25, 0.3) is 0 Å². The lowest BCUT2D eigenvalue weighted by Crippen LogP contribution is -2.42. The minimum atomic E-state index is -0.616. The Hall–Kier alpha value is -9.12. The number of hydrogen-bond acceptors (Lipinski definition) is 4. The van der Waals surface area contributed by atoms with Gasteiger partial charge in [-0.25, -0.2) is 0 Å². The van der Waals surface area contributed by atoms with Crippen molar-refractivity contribution in [1.29, 1.82) is 0 Å². The first-order valence-corrected chi connectivity index (χ1v) is 26.3. The van der Waals surface area contributed by atoms with Crippen LogP contribution in [-0.4, -0.2) is 7.05 Å². The molecule has 3 unspecified atom stereocenters. The van der Waals surface area contributed by atoms with Crippen molar-refractivity contribution < 1.29 is 0 Å². The normalized spacial score (nSPS) is 18.8. The number of hydrogen-bond donors (Lipinski definition) is 1. The monoisotopic (exact) mass is 964 g/mol. The molecule has 4 heteroatoms. The molecule has 360 valence electrons. The zero-order chi connectivity index (χ0) is 50.3. The SMILES string of the molecule is CN1c2c(c3ccccc3c3ccccc23)N(c2ccc(C3(C)Nc4c(c5ccccc5c5ccccc45)N3c3ccccc3)cc2)C1c1ccc(C2(C)C=CC(C=C(c3ccccc3)c3ccccc3)=CC2)cc1. The lowest BCUT2D eigenvalue weighted by molar-refractivity contribution is 0.578. The fourth-order valence-corrected chi connectivity index (χ4v) is 12.7. The Bertz CT molecular complexity index is 4060. The van der Waals surface area contributed by atoms with Gasteiger partial charge in [-0.05, 0) is 104 Å². The van der Waals surface area contributed by atoms with Crippen molar-refractivity contribution in [2.45, 2.75) is 37.5 Å². The van der Waals surface area contributed by atoms with Crippen LogP contribution in [0, 0.1) is 0 Å². The number of anilines is 6. The van der Waals surface area contributed by atoms with E-state index in [1.54, 1.807) is 0 Å². The van der Waals surface area contributed by atoms with Gasteiger partial charge in [-0.15, -0.1) is 0 Å². The Balaban J connectivity index is 0.858. The summed E-state index contributed by atoms with van der Waals surface area (Å²) in [7, 11) is 2.28. The Kier molecular flexibility index (Phi) is 10.4. The van der Waals surface area contributed by atoms with Gasteiger partial charge in [-0.2, -0.15) is 0 Å². The third-order valence-corrected chi connectivity index (χ3v) is 16.5. The maximum atomic E-state index is 4.15. The first-order valence-electron chi connectivity index (χ1n) is 26.3. The first kappa shape index (κ1) is 44.6. The molecule has 2 heterocycles. The van der Waals surface area contributed by atoms with E-state index in [4.69, 9.17) is 0 Å². The van der Waals surface area contributed by atoms with E-state index in [9.17, 15) is 0 Å². The summed E-state index contributed by atoms with van der Waals surface area (Å²) in [6.07, 6.45) is 10.3. The lowest BCUT2D eigenvalue weighted by Gasteiger charge is -2.38. The molecular weight excluding hydrogens is 909 g/mol. The third kappa shape index (κ3) is 7.12. The standard InChI is InChI=1S/C71H56N4/c1-70(45-43-48(44-46-70)47-64(49-21-7-4-8-22-49)50-23-9-5-10-24-50)52-37-35-51(36-38-52)69-73(3)67-62-33-19-15-29-58(62)59-30-16-20-34-63(59)68(67)74(69)54-41-39-53(40-42-54)71(2)72-65-60-31-17-13-27-56(60)57-28-14-18-32-61(57)66(65)75(71)55-25-11-6-12-26-55/h4-45,47,69,72H,46H2,1-3H3. The average molecular weight is 965 g/mol. The van der Waals surface area contributed by atoms with Crippen molar-refractivity contribution in [3.8, 4) is 0 Å². The molecule has 11 aromatic rings. The summed E-state index contributed by atoms with van der Waals surface area (Å²) in [6, 6.07) is 86.8. The molecule has 0 saturated carbocycles. The molecule has 11 aromatic carbocycles. The number of para-hydroxylation sites is 1. The molecule has 4 nitrogen and oxygen atoms in total. The van der Waals surface area contributed by atoms with Gasteiger partial charge in [0.2, 0.25) is 0 Å². The van der Waals surface area contributed by atoms with Crippen LogP contribution in [0.4, 0.5) is 34.1 Å². The molecule has 0 spiro atoms. The van der Waals surface area contributed by atoms with E-state index in [-0.39, 0.29) is 11.6 Å². The largest absolute Gasteiger partial charge is 0.357 e. The van der Waals surface area contributed by atoms with Crippen LogP contribution < -0.4 is 20.0 Å². The summed E-state index contributed by atoms with van der Waals surface area (Å²) in [5.74, 6) is 0. The van der Waals surface area contributed by atoms with Gasteiger partial charge in [-0.1, -0.05) is 237 Å². The predicted octanol–water partition coefficient (Wildman–Crippen LogP) is 18.3. The molecule has 14 rings (SSSR count). The zero-order valence-electron chi connectivity index (χ0n) is 42.5. The van der Waals surface area contributed by atoms with Gasteiger partial charge >= 0.3 is 0 Å². The molecule has 1 aliphatic carbocycles. The number of nitrogens with zero attached hydrogens (tertiary/aromatic N) is 3. The summed E-state index contributed by atoms with van der Waals surface area (Å²) in [5, 5.41) is 14.1. The highest BCUT2D eigenvalue weighted by Crippen LogP contribution is 2.58. The van der Waals surface area contributed by atoms with Crippen molar-refractivity contribution in [1.82, 2.24) is 0 Å². The quantitative estimate of drug-likeness (QED) is 0.153. The minimum absolute atomic E-state index is 0.113. The number of fused-ring (bicyclic) bond motifs is 12. The second-order valence-corrected chi connectivity index (χ2v) is 20.9. The van der Waals surface area contributed by atoms with E-state index in [0.717, 1.165) is 23.5 Å². The average Bonchev–Trinajstić information content (AvgIpc) is 4.00. The minimum Gasteiger partial charge on any atom is -0.357 e. The third-order valence-electron chi connectivity index (χ3n) is 16.5. The molecular formula is C71H56N4. The van der Waals surface area contributed by atoms with Crippen molar-refractivity contribution in [2.24, 2.45) is 0 Å². The Morgan fingerprint density at radius 3 is 1.48 bits per heavy atom. The molecule has 3 aliphatic rings. The highest BCUT2D eigenvalue weighted by atomic mass is 15.4. The fourth-order valence-electron chi connectivity index (χ4n) is 12.7. The van der Waals surface area contributed by atoms with Gasteiger partial charge in [0.1, 0.15) is 11.8 Å². The van der Waals surface area contributed by atoms with Gasteiger partial charge in [-0.3, -0.25) is 0 Å². The van der Waals surface area contributed by atoms with Crippen LogP contribution in [0.15, 0.2) is 266 Å². The number of rotatable bonds is 8. The van der Waals surface area contributed by atoms with Crippen molar-refractivity contribution >= 4 is 82.8 Å². The fraction of sp³-hybridized carbons (Fsp3) is 0.0986. The first-order chi connectivity index (χ1) is 36.9. The van der Waals surface area contributed by atoms with E-state index < -0.39 is 5.66 Å². The van der Waals surface area contributed by atoms with Crippen molar-refractivity contribution in [3.63, 3.8) is 0 Å². The molecule has 1 N–H and O–H groups in total. The van der Waals surface area contributed by atoms with E-state index in [1.165, 1.54) is 99.1 Å². The van der Waals surface area contributed by atoms with E-state index in [2.05, 4.69) is 302 Å². The van der Waals surface area contributed by atoms with Crippen LogP contribution in [0.1, 0.15) is 54.3 Å². The number of nitrogens with one attached hydrogen (secondary N) is 1. The van der Waals surface area contributed by atoms with Crippen LogP contribution in [0.2, 0.25) is 0 Å². The molecule has 0 fully saturated rings. The van der Waals surface area contributed by atoms with Crippen LogP contribution >= 0.6 is 0 Å². The summed E-state index contributed by atoms with van der Waals surface area (Å²) >= 11 is 0. The molecule has 0 amide bonds. The predicted molar refractivity (Wildman–Crippen MR) is 318 cm³/mol. The maximum Gasteiger partial charge on any atom is 0.138 e. The topological polar surface area (TPSA) is 21.8 Å². The van der Waals surface area contributed by atoms with Gasteiger partial charge in [0, 0.05) is 45.4 Å². The van der Waals surface area contributed by atoms with Crippen LogP contribution in [0.25, 0.3) is 48.7 Å². The molecule has 3 atom stereocenters. The number of benzene rings is 11. The van der Waals surface area contributed by atoms with Crippen molar-refractivity contribution in [2.75, 3.05) is 27.1 Å². The van der Waals surface area contributed by atoms with Gasteiger partial charge in [0.05, 0.1) is 22.7 Å². The Morgan fingerprint density at radius 1 is 0.467 bits per heavy atom. The molecule has 0 radical (unpaired) electrons. The van der Waals surface area contributed by atoms with Crippen molar-refractivity contribution in [3.05, 3.63) is 294 Å². The summed E-state index contributed by atoms with van der Waals surface area (Å²) in [4.78, 5) is 7.63. The maximum absolute atomic E-state index is 4.15. The van der Waals surface area contributed by atoms with Gasteiger partial charge < -0.3 is 20.0 Å². The molecule has 2 aliphatic heterocycles. The van der Waals surface area contributed by atoms with E-state index >= 15 is 0 Å².